The molecule has 1 saturated heterocycles. The van der Waals surface area contributed by atoms with Gasteiger partial charge in [-0.15, -0.1) is 0 Å². The Morgan fingerprint density at radius 1 is 1.38 bits per heavy atom. The molecule has 118 valence electrons. The molecule has 0 bridgehead atoms. The molecule has 1 unspecified atom stereocenters. The Balaban J connectivity index is 1.98. The number of nitrogens with two attached hydrogens (primary N) is 1. The normalized spacial score (nSPS) is 18.0. The smallest absolute Gasteiger partial charge is 0.227 e. The summed E-state index contributed by atoms with van der Waals surface area (Å²) in [6, 6.07) is 2.00. The summed E-state index contributed by atoms with van der Waals surface area (Å²) in [5.74, 6) is 0.0514. The average Bonchev–Trinajstić information content (AvgIpc) is 2.92. The first kappa shape index (κ1) is 16.0. The third kappa shape index (κ3) is 4.04. The summed E-state index contributed by atoms with van der Waals surface area (Å²) in [5, 5.41) is 4.32. The van der Waals surface area contributed by atoms with Gasteiger partial charge in [0, 0.05) is 57.6 Å². The molecule has 1 aromatic heterocycles. The maximum absolute atomic E-state index is 12.6. The molecule has 0 spiro atoms. The molecule has 0 radical (unpaired) electrons. The average molecular weight is 293 g/mol. The van der Waals surface area contributed by atoms with E-state index in [1.807, 2.05) is 15.6 Å². The topological polar surface area (TPSA) is 67.4 Å². The molecule has 0 aliphatic carbocycles. The van der Waals surface area contributed by atoms with E-state index in [4.69, 9.17) is 5.73 Å². The second-order valence-corrected chi connectivity index (χ2v) is 5.81. The zero-order valence-electron chi connectivity index (χ0n) is 13.2. The molecular formula is C15H27N5O. The number of carbonyl (C=O) groups is 1. The standard InChI is InChI=1S/C15H27N5O/c1-3-6-20-14(4-5-17-20)11-13(12-16)15(21)19-9-7-18(2)8-10-19/h4-5,13H,3,6-12,16H2,1-2H3. The number of piperazine rings is 1. The molecule has 1 aliphatic rings. The number of amides is 1. The minimum Gasteiger partial charge on any atom is -0.340 e. The van der Waals surface area contributed by atoms with Crippen molar-refractivity contribution in [2.45, 2.75) is 26.3 Å². The van der Waals surface area contributed by atoms with Crippen LogP contribution in [-0.2, 0) is 17.8 Å². The van der Waals surface area contributed by atoms with E-state index in [1.165, 1.54) is 0 Å². The van der Waals surface area contributed by atoms with Crippen molar-refractivity contribution in [3.05, 3.63) is 18.0 Å². The molecular weight excluding hydrogens is 266 g/mol. The Bertz CT molecular complexity index is 451. The summed E-state index contributed by atoms with van der Waals surface area (Å²) in [6.45, 7) is 6.90. The highest BCUT2D eigenvalue weighted by Crippen LogP contribution is 2.13. The van der Waals surface area contributed by atoms with Gasteiger partial charge in [0.2, 0.25) is 5.91 Å². The van der Waals surface area contributed by atoms with Gasteiger partial charge in [-0.05, 0) is 19.5 Å². The first-order chi connectivity index (χ1) is 10.2. The molecule has 2 rings (SSSR count). The van der Waals surface area contributed by atoms with Gasteiger partial charge in [0.05, 0.1) is 5.92 Å². The van der Waals surface area contributed by atoms with E-state index in [-0.39, 0.29) is 11.8 Å². The van der Waals surface area contributed by atoms with E-state index >= 15 is 0 Å². The van der Waals surface area contributed by atoms with Crippen molar-refractivity contribution in [2.24, 2.45) is 11.7 Å². The van der Waals surface area contributed by atoms with Gasteiger partial charge >= 0.3 is 0 Å². The lowest BCUT2D eigenvalue weighted by atomic mass is 10.0. The molecule has 1 aromatic rings. The van der Waals surface area contributed by atoms with E-state index in [0.717, 1.165) is 44.8 Å². The van der Waals surface area contributed by atoms with Crippen LogP contribution >= 0.6 is 0 Å². The molecule has 2 heterocycles. The predicted octanol–water partition coefficient (Wildman–Crippen LogP) is 0.185. The fraction of sp³-hybridized carbons (Fsp3) is 0.733. The first-order valence-electron chi connectivity index (χ1n) is 7.83. The second-order valence-electron chi connectivity index (χ2n) is 5.81. The second kappa shape index (κ2) is 7.56. The molecule has 6 heteroatoms. The quantitative estimate of drug-likeness (QED) is 0.813. The van der Waals surface area contributed by atoms with Gasteiger partial charge in [-0.2, -0.15) is 5.10 Å². The molecule has 1 amide bonds. The van der Waals surface area contributed by atoms with Gasteiger partial charge in [-0.25, -0.2) is 0 Å². The van der Waals surface area contributed by atoms with Gasteiger partial charge in [-0.1, -0.05) is 6.92 Å². The fourth-order valence-electron chi connectivity index (χ4n) is 2.76. The van der Waals surface area contributed by atoms with Crippen LogP contribution in [-0.4, -0.2) is 65.3 Å². The zero-order chi connectivity index (χ0) is 15.2. The highest BCUT2D eigenvalue weighted by Gasteiger charge is 2.26. The van der Waals surface area contributed by atoms with Crippen LogP contribution in [0, 0.1) is 5.92 Å². The van der Waals surface area contributed by atoms with Crippen LogP contribution in [0.5, 0.6) is 0 Å². The van der Waals surface area contributed by atoms with E-state index in [0.29, 0.717) is 13.0 Å². The Morgan fingerprint density at radius 2 is 2.10 bits per heavy atom. The Labute approximate surface area is 126 Å². The van der Waals surface area contributed by atoms with Gasteiger partial charge in [-0.3, -0.25) is 9.48 Å². The molecule has 2 N–H and O–H groups in total. The molecule has 0 saturated carbocycles. The molecule has 21 heavy (non-hydrogen) atoms. The number of aromatic nitrogens is 2. The minimum absolute atomic E-state index is 0.138. The van der Waals surface area contributed by atoms with Gasteiger partial charge in [0.15, 0.2) is 0 Å². The number of likely N-dealkylation sites (N-methyl/N-ethyl adjacent to an activating group) is 1. The van der Waals surface area contributed by atoms with Crippen LogP contribution in [0.25, 0.3) is 0 Å². The van der Waals surface area contributed by atoms with E-state index in [1.54, 1.807) is 6.20 Å². The largest absolute Gasteiger partial charge is 0.340 e. The molecule has 6 nitrogen and oxygen atoms in total. The van der Waals surface area contributed by atoms with Crippen LogP contribution < -0.4 is 5.73 Å². The van der Waals surface area contributed by atoms with Crippen molar-refractivity contribution in [3.63, 3.8) is 0 Å². The van der Waals surface area contributed by atoms with Crippen molar-refractivity contribution >= 4 is 5.91 Å². The molecule has 1 aliphatic heterocycles. The lowest BCUT2D eigenvalue weighted by Crippen LogP contribution is -2.50. The van der Waals surface area contributed by atoms with Crippen molar-refractivity contribution < 1.29 is 4.79 Å². The SMILES string of the molecule is CCCn1nccc1CC(CN)C(=O)N1CCN(C)CC1. The van der Waals surface area contributed by atoms with Crippen LogP contribution in [0.1, 0.15) is 19.0 Å². The number of carbonyl (C=O) groups excluding carboxylic acids is 1. The number of rotatable bonds is 6. The highest BCUT2D eigenvalue weighted by atomic mass is 16.2. The van der Waals surface area contributed by atoms with Crippen molar-refractivity contribution in [3.8, 4) is 0 Å². The lowest BCUT2D eigenvalue weighted by molar-refractivity contribution is -0.136. The van der Waals surface area contributed by atoms with Gasteiger partial charge in [0.1, 0.15) is 0 Å². The fourth-order valence-corrected chi connectivity index (χ4v) is 2.76. The Kier molecular flexibility index (Phi) is 5.76. The molecule has 1 atom stereocenters. The van der Waals surface area contributed by atoms with Crippen molar-refractivity contribution in [2.75, 3.05) is 39.8 Å². The van der Waals surface area contributed by atoms with E-state index in [2.05, 4.69) is 24.0 Å². The number of aryl methyl sites for hydroxylation is 1. The third-order valence-corrected chi connectivity index (χ3v) is 4.14. The number of hydrogen-bond donors (Lipinski definition) is 1. The number of hydrogen-bond acceptors (Lipinski definition) is 4. The van der Waals surface area contributed by atoms with Crippen LogP contribution in [0.4, 0.5) is 0 Å². The maximum Gasteiger partial charge on any atom is 0.227 e. The zero-order valence-corrected chi connectivity index (χ0v) is 13.2. The summed E-state index contributed by atoms with van der Waals surface area (Å²) in [6.07, 6.45) is 3.52. The van der Waals surface area contributed by atoms with Crippen LogP contribution in [0.15, 0.2) is 12.3 Å². The van der Waals surface area contributed by atoms with Crippen molar-refractivity contribution in [1.29, 1.82) is 0 Å². The first-order valence-corrected chi connectivity index (χ1v) is 7.83. The lowest BCUT2D eigenvalue weighted by Gasteiger charge is -2.34. The highest BCUT2D eigenvalue weighted by molar-refractivity contribution is 5.79. The Morgan fingerprint density at radius 3 is 2.71 bits per heavy atom. The minimum atomic E-state index is -0.138. The van der Waals surface area contributed by atoms with E-state index in [9.17, 15) is 4.79 Å². The van der Waals surface area contributed by atoms with Gasteiger partial charge in [0.25, 0.3) is 0 Å². The van der Waals surface area contributed by atoms with Crippen LogP contribution in [0.2, 0.25) is 0 Å². The third-order valence-electron chi connectivity index (χ3n) is 4.14. The predicted molar refractivity (Wildman–Crippen MR) is 82.8 cm³/mol. The van der Waals surface area contributed by atoms with E-state index < -0.39 is 0 Å². The Hall–Kier alpha value is -1.40. The summed E-state index contributed by atoms with van der Waals surface area (Å²) >= 11 is 0. The monoisotopic (exact) mass is 293 g/mol. The summed E-state index contributed by atoms with van der Waals surface area (Å²) in [4.78, 5) is 16.8. The summed E-state index contributed by atoms with van der Waals surface area (Å²) < 4.78 is 1.99. The molecule has 0 aromatic carbocycles. The number of nitrogens with zero attached hydrogens (tertiary/aromatic N) is 4. The van der Waals surface area contributed by atoms with Crippen molar-refractivity contribution in [1.82, 2.24) is 19.6 Å². The maximum atomic E-state index is 12.6. The van der Waals surface area contributed by atoms with Crippen LogP contribution in [0.3, 0.4) is 0 Å². The molecule has 1 fully saturated rings. The summed E-state index contributed by atoms with van der Waals surface area (Å²) in [5.41, 5.74) is 6.97. The van der Waals surface area contributed by atoms with Gasteiger partial charge < -0.3 is 15.5 Å². The summed E-state index contributed by atoms with van der Waals surface area (Å²) in [7, 11) is 2.09.